The van der Waals surface area contributed by atoms with Gasteiger partial charge in [-0.25, -0.2) is 4.98 Å². The van der Waals surface area contributed by atoms with E-state index >= 15 is 0 Å². The van der Waals surface area contributed by atoms with Crippen LogP contribution in [0.1, 0.15) is 22.9 Å². The van der Waals surface area contributed by atoms with E-state index in [0.29, 0.717) is 18.4 Å². The van der Waals surface area contributed by atoms with Crippen LogP contribution in [0, 0.1) is 13.8 Å². The van der Waals surface area contributed by atoms with Crippen molar-refractivity contribution in [2.75, 3.05) is 20.7 Å². The highest BCUT2D eigenvalue weighted by Gasteiger charge is 2.07. The summed E-state index contributed by atoms with van der Waals surface area (Å²) in [5.41, 5.74) is 2.08. The lowest BCUT2D eigenvalue weighted by molar-refractivity contribution is 0.409. The summed E-state index contributed by atoms with van der Waals surface area (Å²) in [6, 6.07) is 8.01. The molecule has 24 heavy (non-hydrogen) atoms. The molecule has 6 nitrogen and oxygen atoms in total. The van der Waals surface area contributed by atoms with Gasteiger partial charge in [-0.2, -0.15) is 0 Å². The molecule has 132 valence electrons. The highest BCUT2D eigenvalue weighted by Crippen LogP contribution is 2.17. The number of aromatic nitrogens is 1. The van der Waals surface area contributed by atoms with Crippen LogP contribution in [-0.4, -0.2) is 31.6 Å². The third kappa shape index (κ3) is 5.70. The van der Waals surface area contributed by atoms with Gasteiger partial charge < -0.3 is 19.8 Å². The lowest BCUT2D eigenvalue weighted by Crippen LogP contribution is -2.37. The van der Waals surface area contributed by atoms with Gasteiger partial charge in [-0.1, -0.05) is 18.2 Å². The molecule has 0 fully saturated rings. The Kier molecular flexibility index (Phi) is 8.59. The maximum Gasteiger partial charge on any atom is 0.214 e. The van der Waals surface area contributed by atoms with E-state index in [0.717, 1.165) is 35.7 Å². The Hall–Kier alpha value is -1.77. The molecule has 0 saturated heterocycles. The maximum absolute atomic E-state index is 5.54. The largest absolute Gasteiger partial charge is 0.496 e. The number of guanidine groups is 1. The molecule has 1 aromatic heterocycles. The van der Waals surface area contributed by atoms with Crippen LogP contribution in [0.3, 0.4) is 0 Å². The number of benzene rings is 1. The number of halogens is 1. The molecule has 0 amide bonds. The van der Waals surface area contributed by atoms with Crippen LogP contribution in [0.4, 0.5) is 0 Å². The predicted molar refractivity (Wildman–Crippen MR) is 106 cm³/mol. The Bertz CT molecular complexity index is 651. The molecule has 1 heterocycles. The zero-order valence-corrected chi connectivity index (χ0v) is 16.9. The average molecular weight is 444 g/mol. The van der Waals surface area contributed by atoms with Crippen molar-refractivity contribution < 1.29 is 9.15 Å². The molecule has 0 bridgehead atoms. The topological polar surface area (TPSA) is 71.7 Å². The van der Waals surface area contributed by atoms with Gasteiger partial charge in [-0.05, 0) is 31.9 Å². The van der Waals surface area contributed by atoms with E-state index in [2.05, 4.69) is 26.7 Å². The fourth-order valence-electron chi connectivity index (χ4n) is 2.22. The first-order chi connectivity index (χ1) is 11.1. The van der Waals surface area contributed by atoms with E-state index in [1.165, 1.54) is 0 Å². The van der Waals surface area contributed by atoms with Crippen LogP contribution < -0.4 is 15.4 Å². The number of hydrogen-bond donors (Lipinski definition) is 2. The summed E-state index contributed by atoms with van der Waals surface area (Å²) in [5, 5.41) is 6.47. The van der Waals surface area contributed by atoms with Crippen molar-refractivity contribution in [2.24, 2.45) is 4.99 Å². The summed E-state index contributed by atoms with van der Waals surface area (Å²) in [6.07, 6.45) is 0.849. The molecular formula is C17H25IN4O2. The van der Waals surface area contributed by atoms with Crippen molar-refractivity contribution in [2.45, 2.75) is 26.8 Å². The molecular weight excluding hydrogens is 419 g/mol. The number of aliphatic imine (C=N–C) groups is 1. The third-order valence-corrected chi connectivity index (χ3v) is 3.58. The van der Waals surface area contributed by atoms with Crippen molar-refractivity contribution >= 4 is 29.9 Å². The van der Waals surface area contributed by atoms with E-state index < -0.39 is 0 Å². The molecule has 2 N–H and O–H groups in total. The van der Waals surface area contributed by atoms with Gasteiger partial charge in [0.05, 0.1) is 19.3 Å². The van der Waals surface area contributed by atoms with Gasteiger partial charge in [0.2, 0.25) is 5.89 Å². The van der Waals surface area contributed by atoms with Gasteiger partial charge >= 0.3 is 0 Å². The highest BCUT2D eigenvalue weighted by molar-refractivity contribution is 14.0. The minimum absolute atomic E-state index is 0. The second-order valence-electron chi connectivity index (χ2n) is 5.16. The Morgan fingerprint density at radius 3 is 2.62 bits per heavy atom. The molecule has 0 radical (unpaired) electrons. The zero-order valence-electron chi connectivity index (χ0n) is 14.5. The lowest BCUT2D eigenvalue weighted by atomic mass is 10.1. The Balaban J connectivity index is 0.00000288. The molecule has 2 rings (SSSR count). The van der Waals surface area contributed by atoms with Gasteiger partial charge in [0, 0.05) is 13.6 Å². The van der Waals surface area contributed by atoms with Crippen molar-refractivity contribution in [3.63, 3.8) is 0 Å². The molecule has 0 aliphatic carbocycles. The van der Waals surface area contributed by atoms with Crippen molar-refractivity contribution in [3.05, 3.63) is 47.2 Å². The monoisotopic (exact) mass is 444 g/mol. The summed E-state index contributed by atoms with van der Waals surface area (Å²) in [7, 11) is 3.43. The lowest BCUT2D eigenvalue weighted by Gasteiger charge is -2.12. The normalized spacial score (nSPS) is 10.9. The summed E-state index contributed by atoms with van der Waals surface area (Å²) in [5.74, 6) is 3.13. The number of methoxy groups -OCH3 is 1. The van der Waals surface area contributed by atoms with Gasteiger partial charge in [0.1, 0.15) is 11.5 Å². The quantitative estimate of drug-likeness (QED) is 0.408. The molecule has 0 aliphatic heterocycles. The number of para-hydroxylation sites is 1. The zero-order chi connectivity index (χ0) is 16.7. The van der Waals surface area contributed by atoms with Crippen molar-refractivity contribution in [1.82, 2.24) is 15.6 Å². The summed E-state index contributed by atoms with van der Waals surface area (Å²) < 4.78 is 10.9. The second kappa shape index (κ2) is 10.2. The molecule has 1 aromatic carbocycles. The maximum atomic E-state index is 5.54. The van der Waals surface area contributed by atoms with E-state index in [-0.39, 0.29) is 24.0 Å². The Morgan fingerprint density at radius 1 is 1.25 bits per heavy atom. The van der Waals surface area contributed by atoms with Crippen LogP contribution in [0.2, 0.25) is 0 Å². The first kappa shape index (κ1) is 20.3. The van der Waals surface area contributed by atoms with Gasteiger partial charge in [-0.15, -0.1) is 24.0 Å². The number of nitrogens with zero attached hydrogens (tertiary/aromatic N) is 2. The summed E-state index contributed by atoms with van der Waals surface area (Å²) in [6.45, 7) is 5.10. The summed E-state index contributed by atoms with van der Waals surface area (Å²) >= 11 is 0. The van der Waals surface area contributed by atoms with E-state index in [4.69, 9.17) is 9.15 Å². The van der Waals surface area contributed by atoms with E-state index in [9.17, 15) is 0 Å². The van der Waals surface area contributed by atoms with Gasteiger partial charge in [0.15, 0.2) is 5.96 Å². The molecule has 0 spiro atoms. The van der Waals surface area contributed by atoms with Crippen LogP contribution in [0.25, 0.3) is 0 Å². The van der Waals surface area contributed by atoms with Crippen molar-refractivity contribution in [1.29, 1.82) is 0 Å². The first-order valence-corrected chi connectivity index (χ1v) is 7.63. The van der Waals surface area contributed by atoms with Crippen LogP contribution in [0.5, 0.6) is 5.75 Å². The molecule has 0 unspecified atom stereocenters. The van der Waals surface area contributed by atoms with Crippen LogP contribution in [-0.2, 0) is 13.0 Å². The van der Waals surface area contributed by atoms with Gasteiger partial charge in [0.25, 0.3) is 0 Å². The van der Waals surface area contributed by atoms with Crippen molar-refractivity contribution in [3.8, 4) is 5.75 Å². The smallest absolute Gasteiger partial charge is 0.214 e. The number of hydrogen-bond acceptors (Lipinski definition) is 4. The number of rotatable bonds is 6. The fourth-order valence-corrected chi connectivity index (χ4v) is 2.22. The van der Waals surface area contributed by atoms with Crippen LogP contribution >= 0.6 is 24.0 Å². The molecule has 7 heteroatoms. The van der Waals surface area contributed by atoms with Crippen LogP contribution in [0.15, 0.2) is 33.7 Å². The number of ether oxygens (including phenoxy) is 1. The Morgan fingerprint density at radius 2 is 2.00 bits per heavy atom. The number of nitrogens with one attached hydrogen (secondary N) is 2. The first-order valence-electron chi connectivity index (χ1n) is 7.63. The average Bonchev–Trinajstić information content (AvgIpc) is 2.89. The fraction of sp³-hybridized carbons (Fsp3) is 0.412. The number of aryl methyl sites for hydroxylation is 2. The summed E-state index contributed by atoms with van der Waals surface area (Å²) in [4.78, 5) is 8.54. The van der Waals surface area contributed by atoms with E-state index in [1.54, 1.807) is 14.2 Å². The van der Waals surface area contributed by atoms with Gasteiger partial charge in [-0.3, -0.25) is 4.99 Å². The predicted octanol–water partition coefficient (Wildman–Crippen LogP) is 2.83. The minimum atomic E-state index is 0. The number of oxazole rings is 1. The molecule has 0 atom stereocenters. The minimum Gasteiger partial charge on any atom is -0.496 e. The van der Waals surface area contributed by atoms with E-state index in [1.807, 2.05) is 32.0 Å². The molecule has 0 saturated carbocycles. The molecule has 0 aliphatic rings. The second-order valence-corrected chi connectivity index (χ2v) is 5.16. The third-order valence-electron chi connectivity index (χ3n) is 3.58. The highest BCUT2D eigenvalue weighted by atomic mass is 127. The molecule has 2 aromatic rings. The SMILES string of the molecule is CN=C(NCCc1ccccc1OC)NCc1nc(C)c(C)o1.I. The standard InChI is InChI=1S/C17H24N4O2.HI/c1-12-13(2)23-16(21-12)11-20-17(18-3)19-10-9-14-7-5-6-8-15(14)22-4;/h5-8H,9-11H2,1-4H3,(H2,18,19,20);1H. The Labute approximate surface area is 160 Å².